The van der Waals surface area contributed by atoms with Crippen molar-refractivity contribution in [1.29, 1.82) is 0 Å². The third kappa shape index (κ3) is 5.19. The molecule has 2 atom stereocenters. The van der Waals surface area contributed by atoms with Gasteiger partial charge in [0.05, 0.1) is 26.2 Å². The van der Waals surface area contributed by atoms with Crippen LogP contribution >= 0.6 is 0 Å². The highest BCUT2D eigenvalue weighted by atomic mass is 16.5. The van der Waals surface area contributed by atoms with E-state index in [0.717, 1.165) is 29.7 Å². The number of piperidine rings is 1. The Kier molecular flexibility index (Phi) is 7.93. The highest BCUT2D eigenvalue weighted by molar-refractivity contribution is 5.85. The molecule has 166 valence electrons. The molecule has 0 aliphatic carbocycles. The topological polar surface area (TPSA) is 67.9 Å². The molecule has 0 spiro atoms. The zero-order valence-corrected chi connectivity index (χ0v) is 18.6. The zero-order chi connectivity index (χ0) is 22.2. The lowest BCUT2D eigenvalue weighted by Gasteiger charge is -2.41. The first-order valence-electron chi connectivity index (χ1n) is 10.9. The van der Waals surface area contributed by atoms with Gasteiger partial charge in [-0.1, -0.05) is 49.7 Å². The second-order valence-corrected chi connectivity index (χ2v) is 7.80. The Labute approximate surface area is 184 Å². The van der Waals surface area contributed by atoms with Gasteiger partial charge in [-0.05, 0) is 25.0 Å². The lowest BCUT2D eigenvalue weighted by Crippen LogP contribution is -2.48. The first-order chi connectivity index (χ1) is 15.1. The number of carbonyl (C=O) groups excluding carboxylic acids is 2. The normalized spacial score (nSPS) is 18.5. The molecular formula is C25H32N2O4. The van der Waals surface area contributed by atoms with E-state index in [1.54, 1.807) is 14.2 Å². The van der Waals surface area contributed by atoms with E-state index in [1.807, 2.05) is 53.4 Å². The van der Waals surface area contributed by atoms with E-state index >= 15 is 0 Å². The van der Waals surface area contributed by atoms with Crippen molar-refractivity contribution < 1.29 is 19.1 Å². The predicted octanol–water partition coefficient (Wildman–Crippen LogP) is 4.10. The van der Waals surface area contributed by atoms with Crippen LogP contribution in [-0.2, 0) is 16.1 Å². The van der Waals surface area contributed by atoms with Crippen LogP contribution in [0, 0.1) is 5.92 Å². The quantitative estimate of drug-likeness (QED) is 0.658. The van der Waals surface area contributed by atoms with Gasteiger partial charge in [0, 0.05) is 30.6 Å². The fourth-order valence-corrected chi connectivity index (χ4v) is 4.28. The van der Waals surface area contributed by atoms with Crippen LogP contribution in [0.15, 0.2) is 48.5 Å². The van der Waals surface area contributed by atoms with Crippen LogP contribution in [0.4, 0.5) is 0 Å². The monoisotopic (exact) mass is 424 g/mol. The van der Waals surface area contributed by atoms with Crippen LogP contribution in [0.5, 0.6) is 11.5 Å². The van der Waals surface area contributed by atoms with E-state index < -0.39 is 0 Å². The number of benzene rings is 2. The number of para-hydroxylation sites is 2. The molecule has 3 rings (SSSR count). The van der Waals surface area contributed by atoms with Crippen molar-refractivity contribution in [3.63, 3.8) is 0 Å². The Hall–Kier alpha value is -3.02. The minimum absolute atomic E-state index is 0.0594. The molecule has 31 heavy (non-hydrogen) atoms. The highest BCUT2D eigenvalue weighted by Gasteiger charge is 2.41. The van der Waals surface area contributed by atoms with Gasteiger partial charge in [0.2, 0.25) is 11.8 Å². The number of unbranched alkanes of at least 4 members (excludes halogenated alkanes) is 1. The van der Waals surface area contributed by atoms with E-state index in [-0.39, 0.29) is 23.8 Å². The first-order valence-corrected chi connectivity index (χ1v) is 10.9. The molecule has 0 bridgehead atoms. The predicted molar refractivity (Wildman–Crippen MR) is 120 cm³/mol. The van der Waals surface area contributed by atoms with Gasteiger partial charge in [0.15, 0.2) is 0 Å². The molecule has 0 aromatic heterocycles. The standard InChI is InChI=1S/C25H32N2O4/c1-4-5-16-27-23(28)15-14-20(24(27)19-11-7-9-13-22(19)31-3)25(29)26-17-18-10-6-8-12-21(18)30-2/h6-13,20,24H,4-5,14-17H2,1-3H3,(H,26,29)/t20-,24-/m0/s1. The van der Waals surface area contributed by atoms with Crippen LogP contribution in [0.2, 0.25) is 0 Å². The number of ether oxygens (including phenoxy) is 2. The van der Waals surface area contributed by atoms with Crippen LogP contribution < -0.4 is 14.8 Å². The summed E-state index contributed by atoms with van der Waals surface area (Å²) >= 11 is 0. The summed E-state index contributed by atoms with van der Waals surface area (Å²) in [5, 5.41) is 3.07. The van der Waals surface area contributed by atoms with Gasteiger partial charge >= 0.3 is 0 Å². The Morgan fingerprint density at radius 1 is 1.06 bits per heavy atom. The summed E-state index contributed by atoms with van der Waals surface area (Å²) in [5.41, 5.74) is 1.80. The second kappa shape index (κ2) is 10.8. The Morgan fingerprint density at radius 3 is 2.45 bits per heavy atom. The molecule has 0 radical (unpaired) electrons. The van der Waals surface area contributed by atoms with Gasteiger partial charge in [-0.25, -0.2) is 0 Å². The summed E-state index contributed by atoms with van der Waals surface area (Å²) in [6.07, 6.45) is 2.77. The molecule has 0 unspecified atom stereocenters. The maximum absolute atomic E-state index is 13.3. The minimum Gasteiger partial charge on any atom is -0.496 e. The summed E-state index contributed by atoms with van der Waals surface area (Å²) in [5.74, 6) is 1.13. The van der Waals surface area contributed by atoms with Crippen LogP contribution in [0.1, 0.15) is 49.8 Å². The SMILES string of the molecule is CCCCN1C(=O)CC[C@H](C(=O)NCc2ccccc2OC)[C@@H]1c1ccccc1OC. The zero-order valence-electron chi connectivity index (χ0n) is 18.6. The van der Waals surface area contributed by atoms with Gasteiger partial charge in [-0.3, -0.25) is 9.59 Å². The molecule has 6 nitrogen and oxygen atoms in total. The first kappa shape index (κ1) is 22.7. The van der Waals surface area contributed by atoms with Gasteiger partial charge in [-0.15, -0.1) is 0 Å². The van der Waals surface area contributed by atoms with Crippen molar-refractivity contribution >= 4 is 11.8 Å². The number of likely N-dealkylation sites (tertiary alicyclic amines) is 1. The van der Waals surface area contributed by atoms with Gasteiger partial charge in [0.25, 0.3) is 0 Å². The van der Waals surface area contributed by atoms with E-state index in [4.69, 9.17) is 9.47 Å². The summed E-state index contributed by atoms with van der Waals surface area (Å²) in [4.78, 5) is 28.1. The molecule has 1 aliphatic rings. The van der Waals surface area contributed by atoms with Crippen molar-refractivity contribution in [2.24, 2.45) is 5.92 Å². The number of nitrogens with one attached hydrogen (secondary N) is 1. The molecule has 1 N–H and O–H groups in total. The molecule has 1 heterocycles. The van der Waals surface area contributed by atoms with Gasteiger partial charge < -0.3 is 19.7 Å². The molecule has 6 heteroatoms. The highest BCUT2D eigenvalue weighted by Crippen LogP contribution is 2.41. The largest absolute Gasteiger partial charge is 0.496 e. The summed E-state index contributed by atoms with van der Waals surface area (Å²) in [7, 11) is 3.24. The molecule has 2 aromatic rings. The fraction of sp³-hybridized carbons (Fsp3) is 0.440. The van der Waals surface area contributed by atoms with Gasteiger partial charge in [0.1, 0.15) is 11.5 Å². The molecule has 2 aromatic carbocycles. The molecule has 1 saturated heterocycles. The minimum atomic E-state index is -0.347. The van der Waals surface area contributed by atoms with Crippen LogP contribution in [-0.4, -0.2) is 37.5 Å². The average Bonchev–Trinajstić information content (AvgIpc) is 2.81. The Morgan fingerprint density at radius 2 is 1.74 bits per heavy atom. The lowest BCUT2D eigenvalue weighted by molar-refractivity contribution is -0.143. The van der Waals surface area contributed by atoms with E-state index in [1.165, 1.54) is 0 Å². The third-order valence-corrected chi connectivity index (χ3v) is 5.90. The lowest BCUT2D eigenvalue weighted by atomic mass is 9.83. The second-order valence-electron chi connectivity index (χ2n) is 7.80. The molecule has 1 fully saturated rings. The maximum Gasteiger partial charge on any atom is 0.225 e. The van der Waals surface area contributed by atoms with Gasteiger partial charge in [-0.2, -0.15) is 0 Å². The smallest absolute Gasteiger partial charge is 0.225 e. The Balaban J connectivity index is 1.88. The Bertz CT molecular complexity index is 899. The fourth-order valence-electron chi connectivity index (χ4n) is 4.28. The molecule has 0 saturated carbocycles. The van der Waals surface area contributed by atoms with Crippen molar-refractivity contribution in [3.05, 3.63) is 59.7 Å². The third-order valence-electron chi connectivity index (χ3n) is 5.90. The number of hydrogen-bond donors (Lipinski definition) is 1. The summed E-state index contributed by atoms with van der Waals surface area (Å²) in [6, 6.07) is 15.0. The summed E-state index contributed by atoms with van der Waals surface area (Å²) in [6.45, 7) is 3.11. The summed E-state index contributed by atoms with van der Waals surface area (Å²) < 4.78 is 11.0. The van der Waals surface area contributed by atoms with Crippen molar-refractivity contribution in [3.8, 4) is 11.5 Å². The van der Waals surface area contributed by atoms with E-state index in [0.29, 0.717) is 31.7 Å². The molecule has 1 aliphatic heterocycles. The van der Waals surface area contributed by atoms with Crippen molar-refractivity contribution in [2.45, 2.75) is 45.2 Å². The number of nitrogens with zero attached hydrogens (tertiary/aromatic N) is 1. The number of hydrogen-bond acceptors (Lipinski definition) is 4. The van der Waals surface area contributed by atoms with Crippen molar-refractivity contribution in [1.82, 2.24) is 10.2 Å². The number of rotatable bonds is 9. The number of carbonyl (C=O) groups is 2. The number of methoxy groups -OCH3 is 2. The van der Waals surface area contributed by atoms with Crippen LogP contribution in [0.25, 0.3) is 0 Å². The molecular weight excluding hydrogens is 392 g/mol. The molecule has 2 amide bonds. The maximum atomic E-state index is 13.3. The van der Waals surface area contributed by atoms with E-state index in [2.05, 4.69) is 12.2 Å². The van der Waals surface area contributed by atoms with E-state index in [9.17, 15) is 9.59 Å². The number of amides is 2. The average molecular weight is 425 g/mol. The van der Waals surface area contributed by atoms with Crippen LogP contribution in [0.3, 0.4) is 0 Å². The van der Waals surface area contributed by atoms with Crippen molar-refractivity contribution in [2.75, 3.05) is 20.8 Å².